The smallest absolute Gasteiger partial charge is 0.320 e. The predicted octanol–water partition coefficient (Wildman–Crippen LogP) is 1.89. The van der Waals surface area contributed by atoms with Crippen molar-refractivity contribution in [2.45, 2.75) is 51.7 Å². The first-order valence-corrected chi connectivity index (χ1v) is 6.54. The molecule has 1 fully saturated rings. The normalized spacial score (nSPS) is 31.1. The zero-order valence-electron chi connectivity index (χ0n) is 11.1. The summed E-state index contributed by atoms with van der Waals surface area (Å²) in [5.41, 5.74) is 0. The minimum Gasteiger partial charge on any atom is -0.480 e. The Hall–Kier alpha value is -0.610. The molecule has 4 nitrogen and oxygen atoms in total. The van der Waals surface area contributed by atoms with Crippen LogP contribution in [0.3, 0.4) is 0 Å². The molecule has 3 atom stereocenters. The Morgan fingerprint density at radius 3 is 2.41 bits per heavy atom. The summed E-state index contributed by atoms with van der Waals surface area (Å²) in [6.45, 7) is 5.06. The topological polar surface area (TPSA) is 58.6 Å². The number of likely N-dealkylation sites (N-methyl/N-ethyl adjacent to an activating group) is 1. The van der Waals surface area contributed by atoms with Gasteiger partial charge in [0.05, 0.1) is 6.10 Å². The second-order valence-electron chi connectivity index (χ2n) is 5.38. The summed E-state index contributed by atoms with van der Waals surface area (Å²) in [5.74, 6) is 0.646. The first-order valence-electron chi connectivity index (χ1n) is 6.54. The van der Waals surface area contributed by atoms with Gasteiger partial charge in [0.1, 0.15) is 6.04 Å². The van der Waals surface area contributed by atoms with E-state index in [2.05, 4.69) is 19.2 Å². The summed E-state index contributed by atoms with van der Waals surface area (Å²) in [6.07, 6.45) is 4.36. The van der Waals surface area contributed by atoms with Gasteiger partial charge in [0.15, 0.2) is 0 Å². The molecule has 0 saturated heterocycles. The Bertz CT molecular complexity index is 235. The number of carboxylic acid groups (broad SMARTS) is 1. The zero-order valence-corrected chi connectivity index (χ0v) is 11.1. The lowest BCUT2D eigenvalue weighted by atomic mass is 9.82. The van der Waals surface area contributed by atoms with Gasteiger partial charge in [-0.2, -0.15) is 0 Å². The van der Waals surface area contributed by atoms with Gasteiger partial charge >= 0.3 is 5.97 Å². The summed E-state index contributed by atoms with van der Waals surface area (Å²) in [7, 11) is 1.67. The van der Waals surface area contributed by atoms with Gasteiger partial charge in [-0.05, 0) is 44.6 Å². The molecule has 0 aromatic rings. The van der Waals surface area contributed by atoms with Crippen LogP contribution in [0.2, 0.25) is 0 Å². The number of carbonyl (C=O) groups is 1. The van der Waals surface area contributed by atoms with Gasteiger partial charge in [-0.25, -0.2) is 0 Å². The number of rotatable bonds is 6. The summed E-state index contributed by atoms with van der Waals surface area (Å²) in [5, 5.41) is 11.7. The Morgan fingerprint density at radius 1 is 1.35 bits per heavy atom. The van der Waals surface area contributed by atoms with Crippen molar-refractivity contribution in [3.8, 4) is 0 Å². The molecule has 1 aliphatic carbocycles. The molecule has 100 valence electrons. The van der Waals surface area contributed by atoms with Crippen LogP contribution in [-0.4, -0.2) is 36.9 Å². The number of hydrogen-bond donors (Lipinski definition) is 2. The van der Waals surface area contributed by atoms with Crippen molar-refractivity contribution < 1.29 is 14.6 Å². The lowest BCUT2D eigenvalue weighted by Gasteiger charge is -2.31. The molecule has 4 heteroatoms. The number of hydrogen-bond acceptors (Lipinski definition) is 3. The van der Waals surface area contributed by atoms with E-state index in [1.807, 2.05) is 0 Å². The Kier molecular flexibility index (Phi) is 5.92. The molecule has 17 heavy (non-hydrogen) atoms. The molecule has 0 heterocycles. The molecule has 0 aliphatic heterocycles. The summed E-state index contributed by atoms with van der Waals surface area (Å²) in [4.78, 5) is 10.8. The van der Waals surface area contributed by atoms with Crippen LogP contribution in [0.15, 0.2) is 0 Å². The van der Waals surface area contributed by atoms with E-state index in [4.69, 9.17) is 9.84 Å². The van der Waals surface area contributed by atoms with Crippen LogP contribution in [0.4, 0.5) is 0 Å². The molecule has 2 N–H and O–H groups in total. The van der Waals surface area contributed by atoms with E-state index in [-0.39, 0.29) is 0 Å². The third-order valence-corrected chi connectivity index (χ3v) is 3.54. The number of carboxylic acids is 1. The van der Waals surface area contributed by atoms with Gasteiger partial charge in [0.25, 0.3) is 0 Å². The van der Waals surface area contributed by atoms with Gasteiger partial charge in [-0.15, -0.1) is 0 Å². The van der Waals surface area contributed by atoms with Crippen molar-refractivity contribution in [1.29, 1.82) is 0 Å². The molecule has 0 amide bonds. The summed E-state index contributed by atoms with van der Waals surface area (Å²) in [6, 6.07) is -0.492. The molecule has 1 rings (SSSR count). The van der Waals surface area contributed by atoms with Crippen LogP contribution in [-0.2, 0) is 9.53 Å². The fraction of sp³-hybridized carbons (Fsp3) is 0.923. The Balaban J connectivity index is 2.23. The molecular formula is C13H25NO3. The van der Waals surface area contributed by atoms with E-state index < -0.39 is 12.0 Å². The highest BCUT2D eigenvalue weighted by molar-refractivity contribution is 5.73. The van der Waals surface area contributed by atoms with Gasteiger partial charge in [-0.1, -0.05) is 13.8 Å². The highest BCUT2D eigenvalue weighted by Gasteiger charge is 2.24. The maximum Gasteiger partial charge on any atom is 0.320 e. The molecule has 0 spiro atoms. The lowest BCUT2D eigenvalue weighted by molar-refractivity contribution is -0.140. The highest BCUT2D eigenvalue weighted by Crippen LogP contribution is 2.30. The second kappa shape index (κ2) is 6.97. The summed E-state index contributed by atoms with van der Waals surface area (Å²) >= 11 is 0. The fourth-order valence-corrected chi connectivity index (χ4v) is 2.75. The third kappa shape index (κ3) is 5.04. The minimum atomic E-state index is -0.804. The Labute approximate surface area is 104 Å². The molecule has 0 bridgehead atoms. The maximum absolute atomic E-state index is 10.8. The van der Waals surface area contributed by atoms with Crippen molar-refractivity contribution in [3.05, 3.63) is 0 Å². The lowest BCUT2D eigenvalue weighted by Crippen LogP contribution is -2.35. The highest BCUT2D eigenvalue weighted by atomic mass is 16.5. The van der Waals surface area contributed by atoms with Crippen molar-refractivity contribution in [2.24, 2.45) is 11.8 Å². The van der Waals surface area contributed by atoms with Gasteiger partial charge < -0.3 is 15.2 Å². The average Bonchev–Trinajstić information content (AvgIpc) is 2.22. The van der Waals surface area contributed by atoms with Crippen molar-refractivity contribution in [3.63, 3.8) is 0 Å². The van der Waals surface area contributed by atoms with E-state index in [9.17, 15) is 4.79 Å². The van der Waals surface area contributed by atoms with Crippen LogP contribution in [0.5, 0.6) is 0 Å². The van der Waals surface area contributed by atoms with E-state index in [0.29, 0.717) is 19.1 Å². The number of nitrogens with one attached hydrogen (secondary N) is 1. The van der Waals surface area contributed by atoms with Crippen molar-refractivity contribution in [2.75, 3.05) is 13.7 Å². The molecule has 0 aromatic heterocycles. The standard InChI is InChI=1S/C13H25NO3/c1-9-6-10(2)8-11(7-9)17-5-4-12(14-3)13(15)16/h9-12,14H,4-8H2,1-3H3,(H,15,16). The molecule has 1 aliphatic rings. The average molecular weight is 243 g/mol. The van der Waals surface area contributed by atoms with Crippen LogP contribution in [0.25, 0.3) is 0 Å². The number of ether oxygens (including phenoxy) is 1. The molecule has 0 aromatic carbocycles. The molecule has 0 radical (unpaired) electrons. The van der Waals surface area contributed by atoms with Gasteiger partial charge in [-0.3, -0.25) is 4.79 Å². The zero-order chi connectivity index (χ0) is 12.8. The first-order chi connectivity index (χ1) is 8.02. The second-order valence-corrected chi connectivity index (χ2v) is 5.38. The number of aliphatic carboxylic acids is 1. The molecular weight excluding hydrogens is 218 g/mol. The minimum absolute atomic E-state index is 0.319. The van der Waals surface area contributed by atoms with Crippen LogP contribution in [0, 0.1) is 11.8 Å². The monoisotopic (exact) mass is 243 g/mol. The Morgan fingerprint density at radius 2 is 1.94 bits per heavy atom. The van der Waals surface area contributed by atoms with E-state index in [1.54, 1.807) is 7.05 Å². The van der Waals surface area contributed by atoms with Crippen LogP contribution < -0.4 is 5.32 Å². The molecule has 3 unspecified atom stereocenters. The van der Waals surface area contributed by atoms with E-state index >= 15 is 0 Å². The van der Waals surface area contributed by atoms with Crippen LogP contribution in [0.1, 0.15) is 39.5 Å². The maximum atomic E-state index is 10.8. The quantitative estimate of drug-likeness (QED) is 0.748. The summed E-state index contributed by atoms with van der Waals surface area (Å²) < 4.78 is 5.80. The van der Waals surface area contributed by atoms with E-state index in [0.717, 1.165) is 24.7 Å². The van der Waals surface area contributed by atoms with Crippen LogP contribution >= 0.6 is 0 Å². The largest absolute Gasteiger partial charge is 0.480 e. The molecule has 1 saturated carbocycles. The van der Waals surface area contributed by atoms with E-state index in [1.165, 1.54) is 6.42 Å². The predicted molar refractivity (Wildman–Crippen MR) is 67.0 cm³/mol. The first kappa shape index (κ1) is 14.5. The third-order valence-electron chi connectivity index (χ3n) is 3.54. The van der Waals surface area contributed by atoms with Gasteiger partial charge in [0.2, 0.25) is 0 Å². The SMILES string of the molecule is CNC(CCOC1CC(C)CC(C)C1)C(=O)O. The fourth-order valence-electron chi connectivity index (χ4n) is 2.75. The van der Waals surface area contributed by atoms with Crippen molar-refractivity contribution in [1.82, 2.24) is 5.32 Å². The van der Waals surface area contributed by atoms with Gasteiger partial charge in [0, 0.05) is 6.61 Å². The van der Waals surface area contributed by atoms with Crippen molar-refractivity contribution >= 4 is 5.97 Å².